The Morgan fingerprint density at radius 2 is 1.95 bits per heavy atom. The highest BCUT2D eigenvalue weighted by Gasteiger charge is 2.12. The van der Waals surface area contributed by atoms with E-state index in [1.807, 2.05) is 0 Å². The first-order chi connectivity index (χ1) is 9.56. The highest BCUT2D eigenvalue weighted by atomic mass is 35.5. The van der Waals surface area contributed by atoms with Crippen LogP contribution in [0.5, 0.6) is 0 Å². The number of nitrogens with one attached hydrogen (secondary N) is 2. The summed E-state index contributed by atoms with van der Waals surface area (Å²) >= 11 is 0. The van der Waals surface area contributed by atoms with Crippen LogP contribution in [0.1, 0.15) is 6.92 Å². The number of aromatic nitrogens is 2. The lowest BCUT2D eigenvalue weighted by atomic mass is 10.2. The zero-order valence-electron chi connectivity index (χ0n) is 11.2. The van der Waals surface area contributed by atoms with Crippen molar-refractivity contribution in [1.29, 1.82) is 0 Å². The average Bonchev–Trinajstić information content (AvgIpc) is 2.42. The number of nitrogens with two attached hydrogens (primary N) is 1. The van der Waals surface area contributed by atoms with Crippen LogP contribution in [-0.4, -0.2) is 21.9 Å². The van der Waals surface area contributed by atoms with Gasteiger partial charge in [0.25, 0.3) is 0 Å². The first-order valence-electron chi connectivity index (χ1n) is 5.96. The van der Waals surface area contributed by atoms with Gasteiger partial charge in [-0.25, -0.2) is 14.4 Å². The van der Waals surface area contributed by atoms with Gasteiger partial charge < -0.3 is 16.4 Å². The van der Waals surface area contributed by atoms with E-state index in [2.05, 4.69) is 20.6 Å². The average molecular weight is 312 g/mol. The highest BCUT2D eigenvalue weighted by molar-refractivity contribution is 5.97. The molecule has 1 heterocycles. The van der Waals surface area contributed by atoms with Crippen LogP contribution in [0.25, 0.3) is 0 Å². The van der Waals surface area contributed by atoms with E-state index in [4.69, 9.17) is 5.73 Å². The fourth-order valence-electron chi connectivity index (χ4n) is 1.46. The number of benzene rings is 1. The number of hydrogen-bond acceptors (Lipinski definition) is 5. The fourth-order valence-corrected chi connectivity index (χ4v) is 1.46. The van der Waals surface area contributed by atoms with Crippen molar-refractivity contribution in [3.63, 3.8) is 0 Å². The lowest BCUT2D eigenvalue weighted by molar-refractivity contribution is -0.117. The Bertz CT molecular complexity index is 609. The molecule has 2 aromatic rings. The molecule has 0 spiro atoms. The Morgan fingerprint density at radius 3 is 2.57 bits per heavy atom. The van der Waals surface area contributed by atoms with Crippen LogP contribution in [0.2, 0.25) is 0 Å². The van der Waals surface area contributed by atoms with Crippen molar-refractivity contribution >= 4 is 35.6 Å². The molecule has 1 unspecified atom stereocenters. The smallest absolute Gasteiger partial charge is 0.241 e. The third kappa shape index (κ3) is 4.66. The van der Waals surface area contributed by atoms with Crippen molar-refractivity contribution in [1.82, 2.24) is 9.97 Å². The first kappa shape index (κ1) is 16.8. The molecule has 8 heteroatoms. The molecule has 1 aromatic carbocycles. The topological polar surface area (TPSA) is 92.9 Å². The number of halogens is 2. The number of anilines is 3. The van der Waals surface area contributed by atoms with Crippen molar-refractivity contribution in [3.05, 3.63) is 42.5 Å². The van der Waals surface area contributed by atoms with E-state index in [-0.39, 0.29) is 18.3 Å². The number of carbonyl (C=O) groups is 1. The molecular weight excluding hydrogens is 297 g/mol. The summed E-state index contributed by atoms with van der Waals surface area (Å²) < 4.78 is 13.3. The Morgan fingerprint density at radius 1 is 1.29 bits per heavy atom. The van der Waals surface area contributed by atoms with Gasteiger partial charge in [-0.1, -0.05) is 0 Å². The van der Waals surface area contributed by atoms with E-state index in [9.17, 15) is 9.18 Å². The SMILES string of the molecule is CC(N)C(=O)Nc1ccc(F)cc1Nc1ncccn1.Cl. The number of nitrogens with zero attached hydrogens (tertiary/aromatic N) is 2. The van der Waals surface area contributed by atoms with Gasteiger partial charge in [0, 0.05) is 12.4 Å². The maximum Gasteiger partial charge on any atom is 0.241 e. The molecular formula is C13H15ClFN5O. The summed E-state index contributed by atoms with van der Waals surface area (Å²) in [5.74, 6) is -0.509. The molecule has 0 aliphatic rings. The third-order valence-corrected chi connectivity index (χ3v) is 2.47. The lowest BCUT2D eigenvalue weighted by Gasteiger charge is -2.13. The number of amides is 1. The summed E-state index contributed by atoms with van der Waals surface area (Å²) in [6, 6.07) is 4.93. The molecule has 0 aliphatic carbocycles. The minimum Gasteiger partial charge on any atom is -0.323 e. The second-order valence-electron chi connectivity index (χ2n) is 4.17. The Labute approximate surface area is 127 Å². The Hall–Kier alpha value is -2.25. The fraction of sp³-hybridized carbons (Fsp3) is 0.154. The Balaban J connectivity index is 0.00000220. The zero-order valence-corrected chi connectivity index (χ0v) is 12.0. The van der Waals surface area contributed by atoms with Gasteiger partial charge in [-0.05, 0) is 31.2 Å². The monoisotopic (exact) mass is 311 g/mol. The van der Waals surface area contributed by atoms with Crippen molar-refractivity contribution < 1.29 is 9.18 Å². The van der Waals surface area contributed by atoms with Crippen LogP contribution in [-0.2, 0) is 4.79 Å². The van der Waals surface area contributed by atoms with Crippen LogP contribution in [0.15, 0.2) is 36.7 Å². The summed E-state index contributed by atoms with van der Waals surface area (Å²) in [7, 11) is 0. The molecule has 4 N–H and O–H groups in total. The van der Waals surface area contributed by atoms with Crippen LogP contribution >= 0.6 is 12.4 Å². The largest absolute Gasteiger partial charge is 0.323 e. The minimum absolute atomic E-state index is 0. The van der Waals surface area contributed by atoms with Crippen molar-refractivity contribution in [2.75, 3.05) is 10.6 Å². The minimum atomic E-state index is -0.666. The van der Waals surface area contributed by atoms with Gasteiger partial charge in [-0.15, -0.1) is 12.4 Å². The standard InChI is InChI=1S/C13H14FN5O.ClH/c1-8(15)12(20)18-10-4-3-9(14)7-11(10)19-13-16-5-2-6-17-13;/h2-8H,15H2,1H3,(H,18,20)(H,16,17,19);1H. The molecule has 0 aliphatic heterocycles. The second kappa shape index (κ2) is 7.51. The van der Waals surface area contributed by atoms with Crippen molar-refractivity contribution in [3.8, 4) is 0 Å². The zero-order chi connectivity index (χ0) is 14.5. The van der Waals surface area contributed by atoms with Crippen LogP contribution < -0.4 is 16.4 Å². The molecule has 0 fully saturated rings. The quantitative estimate of drug-likeness (QED) is 0.803. The third-order valence-electron chi connectivity index (χ3n) is 2.47. The van der Waals surface area contributed by atoms with E-state index in [1.54, 1.807) is 25.4 Å². The number of rotatable bonds is 4. The van der Waals surface area contributed by atoms with Gasteiger partial charge >= 0.3 is 0 Å². The number of hydrogen-bond donors (Lipinski definition) is 3. The molecule has 21 heavy (non-hydrogen) atoms. The normalized spacial score (nSPS) is 11.2. The highest BCUT2D eigenvalue weighted by Crippen LogP contribution is 2.25. The van der Waals surface area contributed by atoms with Gasteiger partial charge in [-0.3, -0.25) is 4.79 Å². The van der Waals surface area contributed by atoms with E-state index in [0.717, 1.165) is 0 Å². The summed E-state index contributed by atoms with van der Waals surface area (Å²) in [4.78, 5) is 19.6. The maximum absolute atomic E-state index is 13.3. The molecule has 0 radical (unpaired) electrons. The maximum atomic E-state index is 13.3. The van der Waals surface area contributed by atoms with Gasteiger partial charge in [0.15, 0.2) is 0 Å². The second-order valence-corrected chi connectivity index (χ2v) is 4.17. The summed E-state index contributed by atoms with van der Waals surface area (Å²) in [5, 5.41) is 5.45. The summed E-state index contributed by atoms with van der Waals surface area (Å²) in [6.07, 6.45) is 3.10. The van der Waals surface area contributed by atoms with Crippen LogP contribution in [0, 0.1) is 5.82 Å². The summed E-state index contributed by atoms with van der Waals surface area (Å²) in [5.41, 5.74) is 6.24. The van der Waals surface area contributed by atoms with E-state index in [0.29, 0.717) is 17.3 Å². The van der Waals surface area contributed by atoms with Gasteiger partial charge in [0.2, 0.25) is 11.9 Å². The van der Waals surface area contributed by atoms with Crippen molar-refractivity contribution in [2.45, 2.75) is 13.0 Å². The van der Waals surface area contributed by atoms with Gasteiger partial charge in [0.1, 0.15) is 5.82 Å². The molecule has 6 nitrogen and oxygen atoms in total. The first-order valence-corrected chi connectivity index (χ1v) is 5.96. The lowest BCUT2D eigenvalue weighted by Crippen LogP contribution is -2.32. The van der Waals surface area contributed by atoms with E-state index in [1.165, 1.54) is 18.2 Å². The summed E-state index contributed by atoms with van der Waals surface area (Å²) in [6.45, 7) is 1.56. The van der Waals surface area contributed by atoms with Crippen LogP contribution in [0.3, 0.4) is 0 Å². The van der Waals surface area contributed by atoms with Crippen LogP contribution in [0.4, 0.5) is 21.7 Å². The Kier molecular flexibility index (Phi) is 6.01. The van der Waals surface area contributed by atoms with Crippen molar-refractivity contribution in [2.24, 2.45) is 5.73 Å². The molecule has 112 valence electrons. The molecule has 0 saturated heterocycles. The molecule has 0 bridgehead atoms. The molecule has 1 aromatic heterocycles. The molecule has 2 rings (SSSR count). The molecule has 1 amide bonds. The van der Waals surface area contributed by atoms with Gasteiger partial charge in [0.05, 0.1) is 17.4 Å². The van der Waals surface area contributed by atoms with Gasteiger partial charge in [-0.2, -0.15) is 0 Å². The molecule has 1 atom stereocenters. The predicted molar refractivity (Wildman–Crippen MR) is 81.2 cm³/mol. The predicted octanol–water partition coefficient (Wildman–Crippen LogP) is 2.07. The van der Waals surface area contributed by atoms with E-state index < -0.39 is 11.9 Å². The number of carbonyl (C=O) groups excluding carboxylic acids is 1. The molecule has 0 saturated carbocycles. The van der Waals surface area contributed by atoms with E-state index >= 15 is 0 Å².